The van der Waals surface area contributed by atoms with E-state index in [2.05, 4.69) is 5.10 Å². The van der Waals surface area contributed by atoms with Gasteiger partial charge in [-0.15, -0.1) is 0 Å². The molecule has 4 heteroatoms. The first-order valence-corrected chi connectivity index (χ1v) is 5.86. The van der Waals surface area contributed by atoms with Crippen molar-refractivity contribution in [3.63, 3.8) is 0 Å². The number of rotatable bonds is 2. The summed E-state index contributed by atoms with van der Waals surface area (Å²) in [5.41, 5.74) is 2.09. The third-order valence-electron chi connectivity index (χ3n) is 2.26. The van der Waals surface area contributed by atoms with E-state index in [0.717, 1.165) is 11.1 Å². The quantitative estimate of drug-likeness (QED) is 0.761. The number of aromatic nitrogens is 2. The number of benzene rings is 1. The fraction of sp³-hybridized carbons (Fsp3) is 0.0769. The zero-order chi connectivity index (χ0) is 12.3. The standard InChI is InChI=1S/C13H11Cl2N2/c1-17-9-11(6-7-16-17)3-2-10-4-5-12(14)13(15)8-10/h2-9H,1H3/q+1. The maximum Gasteiger partial charge on any atom is 0.203 e. The first-order chi connectivity index (χ1) is 8.15. The van der Waals surface area contributed by atoms with E-state index < -0.39 is 0 Å². The summed E-state index contributed by atoms with van der Waals surface area (Å²) in [6, 6.07) is 7.48. The van der Waals surface area contributed by atoms with E-state index in [9.17, 15) is 0 Å². The van der Waals surface area contributed by atoms with Crippen molar-refractivity contribution >= 4 is 35.4 Å². The van der Waals surface area contributed by atoms with Gasteiger partial charge >= 0.3 is 0 Å². The molecule has 0 saturated carbocycles. The molecule has 0 fully saturated rings. The molecule has 0 aliphatic rings. The van der Waals surface area contributed by atoms with Gasteiger partial charge in [0, 0.05) is 5.56 Å². The molecule has 0 atom stereocenters. The molecule has 1 heterocycles. The van der Waals surface area contributed by atoms with Crippen LogP contribution in [-0.2, 0) is 7.05 Å². The van der Waals surface area contributed by atoms with E-state index in [-0.39, 0.29) is 0 Å². The minimum atomic E-state index is 0.564. The summed E-state index contributed by atoms with van der Waals surface area (Å²) in [5, 5.41) is 5.20. The Morgan fingerprint density at radius 1 is 1.06 bits per heavy atom. The van der Waals surface area contributed by atoms with Gasteiger partial charge in [0.1, 0.15) is 0 Å². The lowest BCUT2D eigenvalue weighted by Gasteiger charge is -1.97. The van der Waals surface area contributed by atoms with E-state index in [1.54, 1.807) is 16.9 Å². The fourth-order valence-electron chi connectivity index (χ4n) is 1.42. The SMILES string of the molecule is C[n+]1cc(C=Cc2ccc(Cl)c(Cl)c2)ccn1. The number of halogens is 2. The zero-order valence-corrected chi connectivity index (χ0v) is 10.8. The summed E-state index contributed by atoms with van der Waals surface area (Å²) in [5.74, 6) is 0. The molecule has 0 aliphatic heterocycles. The smallest absolute Gasteiger partial charge is 0.0934 e. The van der Waals surface area contributed by atoms with Crippen LogP contribution in [0, 0.1) is 0 Å². The van der Waals surface area contributed by atoms with Crippen LogP contribution in [0.15, 0.2) is 36.7 Å². The zero-order valence-electron chi connectivity index (χ0n) is 9.27. The van der Waals surface area contributed by atoms with Crippen LogP contribution < -0.4 is 4.68 Å². The van der Waals surface area contributed by atoms with Crippen molar-refractivity contribution in [1.82, 2.24) is 5.10 Å². The van der Waals surface area contributed by atoms with Crippen LogP contribution in [0.2, 0.25) is 10.0 Å². The predicted molar refractivity (Wildman–Crippen MR) is 70.8 cm³/mol. The van der Waals surface area contributed by atoms with E-state index in [1.165, 1.54) is 0 Å². The van der Waals surface area contributed by atoms with Crippen LogP contribution in [0.25, 0.3) is 12.2 Å². The molecule has 17 heavy (non-hydrogen) atoms. The first-order valence-electron chi connectivity index (χ1n) is 5.10. The highest BCUT2D eigenvalue weighted by Crippen LogP contribution is 2.23. The van der Waals surface area contributed by atoms with Crippen molar-refractivity contribution in [2.24, 2.45) is 7.05 Å². The van der Waals surface area contributed by atoms with Crippen LogP contribution in [0.1, 0.15) is 11.1 Å². The van der Waals surface area contributed by atoms with Gasteiger partial charge < -0.3 is 0 Å². The van der Waals surface area contributed by atoms with Gasteiger partial charge in [-0.25, -0.2) is 0 Å². The predicted octanol–water partition coefficient (Wildman–Crippen LogP) is 3.38. The molecule has 2 rings (SSSR count). The normalized spacial score (nSPS) is 11.0. The van der Waals surface area contributed by atoms with Crippen LogP contribution in [0.3, 0.4) is 0 Å². The Morgan fingerprint density at radius 2 is 1.82 bits per heavy atom. The molecule has 0 saturated heterocycles. The van der Waals surface area contributed by atoms with Gasteiger partial charge in [0.25, 0.3) is 0 Å². The maximum absolute atomic E-state index is 5.94. The van der Waals surface area contributed by atoms with Crippen molar-refractivity contribution in [2.75, 3.05) is 0 Å². The van der Waals surface area contributed by atoms with Gasteiger partial charge in [0.05, 0.1) is 16.2 Å². The third kappa shape index (κ3) is 3.29. The summed E-state index contributed by atoms with van der Waals surface area (Å²) in [6.45, 7) is 0. The lowest BCUT2D eigenvalue weighted by molar-refractivity contribution is -0.731. The summed E-state index contributed by atoms with van der Waals surface area (Å²) in [4.78, 5) is 0. The van der Waals surface area contributed by atoms with Gasteiger partial charge in [-0.1, -0.05) is 40.0 Å². The van der Waals surface area contributed by atoms with Gasteiger partial charge in [-0.05, 0) is 34.9 Å². The third-order valence-corrected chi connectivity index (χ3v) is 3.00. The van der Waals surface area contributed by atoms with Crippen molar-refractivity contribution in [2.45, 2.75) is 0 Å². The molecular formula is C13H11Cl2N2+. The molecule has 0 unspecified atom stereocenters. The fourth-order valence-corrected chi connectivity index (χ4v) is 1.73. The number of hydrogen-bond acceptors (Lipinski definition) is 1. The Hall–Kier alpha value is -1.38. The Morgan fingerprint density at radius 3 is 2.53 bits per heavy atom. The molecule has 1 aromatic heterocycles. The second-order valence-corrected chi connectivity index (χ2v) is 4.46. The molecule has 0 spiro atoms. The molecule has 0 bridgehead atoms. The number of hydrogen-bond donors (Lipinski definition) is 0. The highest BCUT2D eigenvalue weighted by atomic mass is 35.5. The molecule has 1 aromatic carbocycles. The lowest BCUT2D eigenvalue weighted by atomic mass is 10.2. The summed E-state index contributed by atoms with van der Waals surface area (Å²) >= 11 is 11.8. The Kier molecular flexibility index (Phi) is 3.77. The van der Waals surface area contributed by atoms with Gasteiger partial charge in [-0.2, -0.15) is 0 Å². The monoisotopic (exact) mass is 265 g/mol. The van der Waals surface area contributed by atoms with Crippen LogP contribution in [0.4, 0.5) is 0 Å². The maximum atomic E-state index is 5.94. The van der Waals surface area contributed by atoms with E-state index in [0.29, 0.717) is 10.0 Å². The molecule has 86 valence electrons. The molecule has 0 aliphatic carbocycles. The van der Waals surface area contributed by atoms with E-state index >= 15 is 0 Å². The average Bonchev–Trinajstić information content (AvgIpc) is 2.31. The molecule has 0 N–H and O–H groups in total. The van der Waals surface area contributed by atoms with Gasteiger partial charge in [0.2, 0.25) is 6.20 Å². The Bertz CT molecular complexity index is 565. The lowest BCUT2D eigenvalue weighted by Crippen LogP contribution is -2.31. The second kappa shape index (κ2) is 5.30. The number of nitrogens with zero attached hydrogens (tertiary/aromatic N) is 2. The van der Waals surface area contributed by atoms with Crippen LogP contribution in [0.5, 0.6) is 0 Å². The van der Waals surface area contributed by atoms with Crippen molar-refractivity contribution < 1.29 is 4.68 Å². The average molecular weight is 266 g/mol. The van der Waals surface area contributed by atoms with Crippen LogP contribution in [-0.4, -0.2) is 5.10 Å². The van der Waals surface area contributed by atoms with Crippen molar-refractivity contribution in [3.8, 4) is 0 Å². The Labute approximate surface area is 110 Å². The largest absolute Gasteiger partial charge is 0.203 e. The second-order valence-electron chi connectivity index (χ2n) is 3.64. The molecular weight excluding hydrogens is 255 g/mol. The van der Waals surface area contributed by atoms with Crippen molar-refractivity contribution in [1.29, 1.82) is 0 Å². The minimum Gasteiger partial charge on any atom is -0.0934 e. The van der Waals surface area contributed by atoms with E-state index in [1.807, 2.05) is 43.6 Å². The molecule has 0 amide bonds. The van der Waals surface area contributed by atoms with Crippen molar-refractivity contribution in [3.05, 3.63) is 57.8 Å². The van der Waals surface area contributed by atoms with Gasteiger partial charge in [-0.3, -0.25) is 0 Å². The van der Waals surface area contributed by atoms with E-state index in [4.69, 9.17) is 23.2 Å². The Balaban J connectivity index is 2.23. The molecule has 2 nitrogen and oxygen atoms in total. The summed E-state index contributed by atoms with van der Waals surface area (Å²) < 4.78 is 1.76. The molecule has 0 radical (unpaired) electrons. The topological polar surface area (TPSA) is 16.8 Å². The highest BCUT2D eigenvalue weighted by Gasteiger charge is 1.98. The summed E-state index contributed by atoms with van der Waals surface area (Å²) in [7, 11) is 1.89. The molecule has 2 aromatic rings. The van der Waals surface area contributed by atoms with Gasteiger partial charge in [0.15, 0.2) is 7.05 Å². The highest BCUT2D eigenvalue weighted by molar-refractivity contribution is 6.42. The van der Waals surface area contributed by atoms with Crippen LogP contribution >= 0.6 is 23.2 Å². The minimum absolute atomic E-state index is 0.564. The number of aryl methyl sites for hydroxylation is 1. The summed E-state index contributed by atoms with van der Waals surface area (Å²) in [6.07, 6.45) is 7.68. The first kappa shape index (κ1) is 12.1.